The van der Waals surface area contributed by atoms with Gasteiger partial charge in [0.2, 0.25) is 0 Å². The molecule has 0 rings (SSSR count). The summed E-state index contributed by atoms with van der Waals surface area (Å²) in [6.45, 7) is 4.14. The van der Waals surface area contributed by atoms with Gasteiger partial charge >= 0.3 is 0 Å². The van der Waals surface area contributed by atoms with Crippen molar-refractivity contribution in [2.75, 3.05) is 0 Å². The van der Waals surface area contributed by atoms with Gasteiger partial charge in [-0.3, -0.25) is 0 Å². The van der Waals surface area contributed by atoms with E-state index in [4.69, 9.17) is 5.26 Å². The molecule has 0 aromatic carbocycles. The molecule has 0 fully saturated rings. The largest absolute Gasteiger partial charge is 0.198 e. The summed E-state index contributed by atoms with van der Waals surface area (Å²) in [6, 6.07) is 2.05. The van der Waals surface area contributed by atoms with E-state index in [1.807, 2.05) is 19.1 Å². The van der Waals surface area contributed by atoms with Gasteiger partial charge in [0.05, 0.1) is 12.5 Å². The maximum absolute atomic E-state index is 8.19. The molecule has 0 saturated heterocycles. The Morgan fingerprint density at radius 2 is 2.30 bits per heavy atom. The molecule has 0 bridgehead atoms. The van der Waals surface area contributed by atoms with Gasteiger partial charge in [0.15, 0.2) is 0 Å². The first-order valence-corrected chi connectivity index (χ1v) is 3.51. The van der Waals surface area contributed by atoms with Gasteiger partial charge < -0.3 is 0 Å². The molecule has 10 heavy (non-hydrogen) atoms. The molecule has 0 radical (unpaired) electrons. The second-order valence-corrected chi connectivity index (χ2v) is 2.12. The summed E-state index contributed by atoms with van der Waals surface area (Å²) in [6.07, 6.45) is 7.56. The summed E-state index contributed by atoms with van der Waals surface area (Å²) in [5, 5.41) is 8.19. The Labute approximate surface area is 62.7 Å². The Morgan fingerprint density at radius 1 is 1.60 bits per heavy atom. The van der Waals surface area contributed by atoms with Crippen molar-refractivity contribution < 1.29 is 0 Å². The van der Waals surface area contributed by atoms with Crippen molar-refractivity contribution in [1.82, 2.24) is 0 Å². The Morgan fingerprint density at radius 3 is 2.80 bits per heavy atom. The van der Waals surface area contributed by atoms with Crippen molar-refractivity contribution in [3.8, 4) is 6.07 Å². The molecule has 0 spiro atoms. The minimum atomic E-state index is 0.509. The van der Waals surface area contributed by atoms with Crippen LogP contribution in [0.15, 0.2) is 23.8 Å². The summed E-state index contributed by atoms with van der Waals surface area (Å²) in [5.41, 5.74) is 1.23. The van der Waals surface area contributed by atoms with Gasteiger partial charge in [-0.15, -0.1) is 0 Å². The van der Waals surface area contributed by atoms with Gasteiger partial charge in [0, 0.05) is 0 Å². The monoisotopic (exact) mass is 135 g/mol. The molecular formula is C9H13N. The number of rotatable bonds is 3. The highest BCUT2D eigenvalue weighted by Gasteiger charge is 1.77. The van der Waals surface area contributed by atoms with E-state index in [0.717, 1.165) is 6.42 Å². The number of nitriles is 1. The molecule has 1 heteroatoms. The number of nitrogens with zero attached hydrogens (tertiary/aromatic N) is 1. The average molecular weight is 135 g/mol. The predicted molar refractivity (Wildman–Crippen MR) is 43.4 cm³/mol. The Kier molecular flexibility index (Phi) is 5.47. The van der Waals surface area contributed by atoms with Crippen LogP contribution in [-0.4, -0.2) is 0 Å². The van der Waals surface area contributed by atoms with Crippen LogP contribution in [0, 0.1) is 11.3 Å². The van der Waals surface area contributed by atoms with Gasteiger partial charge in [-0.2, -0.15) is 5.26 Å². The first kappa shape index (κ1) is 8.97. The lowest BCUT2D eigenvalue weighted by molar-refractivity contribution is 1.19. The van der Waals surface area contributed by atoms with Crippen LogP contribution in [0.3, 0.4) is 0 Å². The summed E-state index contributed by atoms with van der Waals surface area (Å²) in [4.78, 5) is 0. The summed E-state index contributed by atoms with van der Waals surface area (Å²) in [5.74, 6) is 0. The van der Waals surface area contributed by atoms with Crippen LogP contribution in [-0.2, 0) is 0 Å². The quantitative estimate of drug-likeness (QED) is 0.546. The second kappa shape index (κ2) is 6.10. The molecule has 0 aromatic rings. The van der Waals surface area contributed by atoms with Crippen LogP contribution in [0.2, 0.25) is 0 Å². The lowest BCUT2D eigenvalue weighted by Gasteiger charge is -1.86. The van der Waals surface area contributed by atoms with E-state index in [0.29, 0.717) is 6.42 Å². The number of hydrogen-bond donors (Lipinski definition) is 0. The fourth-order valence-corrected chi connectivity index (χ4v) is 0.688. The van der Waals surface area contributed by atoms with Crippen molar-refractivity contribution in [3.05, 3.63) is 23.8 Å². The third-order valence-corrected chi connectivity index (χ3v) is 1.12. The molecule has 0 aromatic heterocycles. The van der Waals surface area contributed by atoms with Crippen LogP contribution >= 0.6 is 0 Å². The molecule has 0 amide bonds. The molecule has 0 N–H and O–H groups in total. The van der Waals surface area contributed by atoms with Gasteiger partial charge in [0.1, 0.15) is 0 Å². The highest BCUT2D eigenvalue weighted by Crippen LogP contribution is 1.97. The third-order valence-electron chi connectivity index (χ3n) is 1.12. The summed E-state index contributed by atoms with van der Waals surface area (Å²) in [7, 11) is 0. The molecule has 1 nitrogen and oxygen atoms in total. The fraction of sp³-hybridized carbons (Fsp3) is 0.444. The van der Waals surface area contributed by atoms with Gasteiger partial charge in [-0.1, -0.05) is 30.7 Å². The number of hydrogen-bond acceptors (Lipinski definition) is 1. The highest BCUT2D eigenvalue weighted by atomic mass is 14.2. The first-order chi connectivity index (χ1) is 4.81. The molecule has 0 aliphatic carbocycles. The minimum absolute atomic E-state index is 0.509. The van der Waals surface area contributed by atoms with Crippen LogP contribution < -0.4 is 0 Å². The molecule has 0 heterocycles. The lowest BCUT2D eigenvalue weighted by Crippen LogP contribution is -1.66. The maximum Gasteiger partial charge on any atom is 0.0663 e. The molecule has 0 saturated carbocycles. The molecule has 0 unspecified atom stereocenters. The van der Waals surface area contributed by atoms with Crippen LogP contribution in [0.4, 0.5) is 0 Å². The van der Waals surface area contributed by atoms with E-state index < -0.39 is 0 Å². The summed E-state index contributed by atoms with van der Waals surface area (Å²) >= 11 is 0. The fourth-order valence-electron chi connectivity index (χ4n) is 0.688. The topological polar surface area (TPSA) is 23.8 Å². The van der Waals surface area contributed by atoms with E-state index >= 15 is 0 Å². The zero-order chi connectivity index (χ0) is 7.82. The maximum atomic E-state index is 8.19. The smallest absolute Gasteiger partial charge is 0.0663 e. The van der Waals surface area contributed by atoms with E-state index in [1.54, 1.807) is 0 Å². The first-order valence-electron chi connectivity index (χ1n) is 3.51. The van der Waals surface area contributed by atoms with Crippen molar-refractivity contribution in [1.29, 1.82) is 5.26 Å². The summed E-state index contributed by atoms with van der Waals surface area (Å²) < 4.78 is 0. The molecule has 0 aliphatic heterocycles. The normalized spacial score (nSPS) is 11.9. The highest BCUT2D eigenvalue weighted by molar-refractivity contribution is 5.16. The number of allylic oxidation sites excluding steroid dienone is 4. The van der Waals surface area contributed by atoms with Crippen molar-refractivity contribution in [3.63, 3.8) is 0 Å². The Balaban J connectivity index is 3.68. The lowest BCUT2D eigenvalue weighted by atomic mass is 10.2. The Hall–Kier alpha value is -1.03. The van der Waals surface area contributed by atoms with Gasteiger partial charge in [-0.25, -0.2) is 0 Å². The van der Waals surface area contributed by atoms with Gasteiger partial charge in [-0.05, 0) is 13.3 Å². The van der Waals surface area contributed by atoms with Gasteiger partial charge in [0.25, 0.3) is 0 Å². The minimum Gasteiger partial charge on any atom is -0.198 e. The SMILES string of the molecule is CC/C=C(C)/C=C/CC#N. The second-order valence-electron chi connectivity index (χ2n) is 2.12. The van der Waals surface area contributed by atoms with E-state index in [-0.39, 0.29) is 0 Å². The van der Waals surface area contributed by atoms with Crippen LogP contribution in [0.1, 0.15) is 26.7 Å². The average Bonchev–Trinajstić information content (AvgIpc) is 1.89. The third kappa shape index (κ3) is 5.11. The molecule has 0 atom stereocenters. The van der Waals surface area contributed by atoms with Crippen LogP contribution in [0.5, 0.6) is 0 Å². The van der Waals surface area contributed by atoms with E-state index in [2.05, 4.69) is 19.1 Å². The molecule has 54 valence electrons. The zero-order valence-corrected chi connectivity index (χ0v) is 6.59. The predicted octanol–water partition coefficient (Wildman–Crippen LogP) is 2.81. The van der Waals surface area contributed by atoms with Crippen molar-refractivity contribution in [2.45, 2.75) is 26.7 Å². The van der Waals surface area contributed by atoms with E-state index in [1.165, 1.54) is 5.57 Å². The van der Waals surface area contributed by atoms with Crippen molar-refractivity contribution >= 4 is 0 Å². The van der Waals surface area contributed by atoms with Crippen molar-refractivity contribution in [2.24, 2.45) is 0 Å². The Bertz CT molecular complexity index is 170. The van der Waals surface area contributed by atoms with E-state index in [9.17, 15) is 0 Å². The standard InChI is InChI=1S/C9H13N/c1-3-6-9(2)7-4-5-8-10/h4,6-7H,3,5H2,1-2H3/b7-4+,9-6+. The van der Waals surface area contributed by atoms with Crippen LogP contribution in [0.25, 0.3) is 0 Å². The zero-order valence-electron chi connectivity index (χ0n) is 6.59. The molecule has 0 aliphatic rings. The molecular weight excluding hydrogens is 122 g/mol.